The van der Waals surface area contributed by atoms with Crippen molar-refractivity contribution in [2.75, 3.05) is 11.9 Å². The van der Waals surface area contributed by atoms with Gasteiger partial charge >= 0.3 is 12.6 Å². The van der Waals surface area contributed by atoms with Crippen molar-refractivity contribution in [1.29, 1.82) is 0 Å². The zero-order chi connectivity index (χ0) is 19.8. The predicted molar refractivity (Wildman–Crippen MR) is 88.1 cm³/mol. The summed E-state index contributed by atoms with van der Waals surface area (Å²) in [5.74, 6) is -4.92. The molecule has 6 nitrogen and oxygen atoms in total. The minimum atomic E-state index is -3.09. The summed E-state index contributed by atoms with van der Waals surface area (Å²) in [5.41, 5.74) is -0.272. The highest BCUT2D eigenvalue weighted by molar-refractivity contribution is 7.99. The van der Waals surface area contributed by atoms with Crippen molar-refractivity contribution < 1.29 is 36.6 Å². The first-order chi connectivity index (χ1) is 12.9. The molecule has 1 amide bonds. The molecule has 0 saturated carbocycles. The van der Waals surface area contributed by atoms with E-state index in [-0.39, 0.29) is 33.8 Å². The van der Waals surface area contributed by atoms with Gasteiger partial charge in [-0.2, -0.15) is 17.6 Å². The normalized spacial score (nSPS) is 10.7. The molecule has 2 aromatic rings. The average molecular weight is 404 g/mol. The van der Waals surface area contributed by atoms with Crippen LogP contribution in [0.5, 0.6) is 5.75 Å². The number of rotatable bonds is 8. The Kier molecular flexibility index (Phi) is 7.41. The third kappa shape index (κ3) is 6.44. The number of esters is 1. The van der Waals surface area contributed by atoms with Gasteiger partial charge in [-0.25, -0.2) is 9.78 Å². The first-order valence-corrected chi connectivity index (χ1v) is 8.15. The Morgan fingerprint density at radius 1 is 1.11 bits per heavy atom. The second kappa shape index (κ2) is 9.76. The molecule has 0 spiro atoms. The summed E-state index contributed by atoms with van der Waals surface area (Å²) in [4.78, 5) is 27.5. The molecule has 1 aromatic heterocycles. The summed E-state index contributed by atoms with van der Waals surface area (Å²) in [6.45, 7) is -3.85. The minimum Gasteiger partial charge on any atom is -0.452 e. The van der Waals surface area contributed by atoms with Gasteiger partial charge in [-0.15, -0.1) is 0 Å². The molecule has 0 atom stereocenters. The number of anilines is 1. The van der Waals surface area contributed by atoms with E-state index < -0.39 is 30.9 Å². The number of carbonyl (C=O) groups excluding carboxylic acids is 2. The maximum absolute atomic E-state index is 12.5. The van der Waals surface area contributed by atoms with Gasteiger partial charge in [0.15, 0.2) is 6.61 Å². The lowest BCUT2D eigenvalue weighted by atomic mass is 10.3. The predicted octanol–water partition coefficient (Wildman–Crippen LogP) is 3.79. The van der Waals surface area contributed by atoms with Crippen LogP contribution in [0.3, 0.4) is 0 Å². The summed E-state index contributed by atoms with van der Waals surface area (Å²) in [5, 5.41) is 2.01. The van der Waals surface area contributed by atoms with E-state index in [2.05, 4.69) is 15.0 Å². The van der Waals surface area contributed by atoms with Gasteiger partial charge in [0.05, 0.1) is 11.3 Å². The fourth-order valence-electron chi connectivity index (χ4n) is 1.89. The number of carbonyl (C=O) groups is 2. The Bertz CT molecular complexity index is 807. The molecular weight excluding hydrogens is 392 g/mol. The lowest BCUT2D eigenvalue weighted by molar-refractivity contribution is -0.119. The third-order valence-corrected chi connectivity index (χ3v) is 3.63. The largest absolute Gasteiger partial charge is 0.452 e. The number of nitrogens with one attached hydrogen (secondary N) is 1. The van der Waals surface area contributed by atoms with E-state index in [9.17, 15) is 27.2 Å². The van der Waals surface area contributed by atoms with Crippen LogP contribution in [-0.4, -0.2) is 35.8 Å². The Balaban J connectivity index is 1.98. The zero-order valence-electron chi connectivity index (χ0n) is 13.4. The van der Waals surface area contributed by atoms with Gasteiger partial charge in [0.2, 0.25) is 0 Å². The SMILES string of the molecule is O=C(COC(=O)c1cccnc1SC(F)F)Nc1ccccc1OC(F)F. The Morgan fingerprint density at radius 2 is 1.85 bits per heavy atom. The highest BCUT2D eigenvalue weighted by atomic mass is 32.2. The van der Waals surface area contributed by atoms with Gasteiger partial charge in [-0.05, 0) is 36.0 Å². The second-order valence-corrected chi connectivity index (χ2v) is 5.71. The van der Waals surface area contributed by atoms with Crippen LogP contribution < -0.4 is 10.1 Å². The molecule has 0 bridgehead atoms. The number of hydrogen-bond donors (Lipinski definition) is 1. The highest BCUT2D eigenvalue weighted by Gasteiger charge is 2.19. The van der Waals surface area contributed by atoms with Crippen LogP contribution in [-0.2, 0) is 9.53 Å². The maximum Gasteiger partial charge on any atom is 0.387 e. The summed E-state index contributed by atoms with van der Waals surface area (Å²) >= 11 is 0.0645. The number of para-hydroxylation sites is 2. The first kappa shape index (κ1) is 20.5. The number of pyridine rings is 1. The minimum absolute atomic E-state index is 0.0471. The van der Waals surface area contributed by atoms with Gasteiger partial charge in [0.1, 0.15) is 10.8 Å². The van der Waals surface area contributed by atoms with E-state index >= 15 is 0 Å². The second-order valence-electron chi connectivity index (χ2n) is 4.73. The molecule has 2 rings (SSSR count). The quantitative estimate of drug-likeness (QED) is 0.410. The van der Waals surface area contributed by atoms with Crippen LogP contribution in [0, 0.1) is 0 Å². The Morgan fingerprint density at radius 3 is 2.56 bits per heavy atom. The maximum atomic E-state index is 12.5. The number of benzene rings is 1. The fraction of sp³-hybridized carbons (Fsp3) is 0.188. The van der Waals surface area contributed by atoms with Crippen LogP contribution >= 0.6 is 11.8 Å². The molecule has 0 aliphatic carbocycles. The topological polar surface area (TPSA) is 77.5 Å². The van der Waals surface area contributed by atoms with Gasteiger partial charge in [0.25, 0.3) is 11.7 Å². The molecule has 0 aliphatic heterocycles. The molecule has 27 heavy (non-hydrogen) atoms. The number of aromatic nitrogens is 1. The molecule has 0 fully saturated rings. The first-order valence-electron chi connectivity index (χ1n) is 7.27. The van der Waals surface area contributed by atoms with Crippen LogP contribution in [0.4, 0.5) is 23.2 Å². The number of halogens is 4. The van der Waals surface area contributed by atoms with Crippen LogP contribution in [0.2, 0.25) is 0 Å². The third-order valence-electron chi connectivity index (χ3n) is 2.90. The molecule has 1 N–H and O–H groups in total. The molecule has 1 aromatic carbocycles. The van der Waals surface area contributed by atoms with E-state index in [1.54, 1.807) is 0 Å². The summed E-state index contributed by atoms with van der Waals surface area (Å²) < 4.78 is 58.7. The Hall–Kier alpha value is -2.82. The van der Waals surface area contributed by atoms with Gasteiger partial charge in [-0.3, -0.25) is 4.79 Å². The van der Waals surface area contributed by atoms with Crippen molar-refractivity contribution >= 4 is 29.3 Å². The molecule has 1 heterocycles. The number of nitrogens with zero attached hydrogens (tertiary/aromatic N) is 1. The molecule has 0 aliphatic rings. The summed E-state index contributed by atoms with van der Waals surface area (Å²) in [7, 11) is 0. The smallest absolute Gasteiger partial charge is 0.387 e. The molecule has 144 valence electrons. The van der Waals surface area contributed by atoms with Gasteiger partial charge in [0, 0.05) is 6.20 Å². The van der Waals surface area contributed by atoms with E-state index in [0.29, 0.717) is 0 Å². The fourth-order valence-corrected chi connectivity index (χ4v) is 2.46. The van der Waals surface area contributed by atoms with E-state index in [1.807, 2.05) is 0 Å². The van der Waals surface area contributed by atoms with Crippen LogP contribution in [0.15, 0.2) is 47.6 Å². The average Bonchev–Trinajstić information content (AvgIpc) is 2.61. The summed E-state index contributed by atoms with van der Waals surface area (Å²) in [6, 6.07) is 8.02. The van der Waals surface area contributed by atoms with Crippen molar-refractivity contribution in [3.63, 3.8) is 0 Å². The molecule has 11 heteroatoms. The van der Waals surface area contributed by atoms with E-state index in [0.717, 1.165) is 0 Å². The van der Waals surface area contributed by atoms with Crippen LogP contribution in [0.1, 0.15) is 10.4 Å². The van der Waals surface area contributed by atoms with Crippen molar-refractivity contribution in [1.82, 2.24) is 4.98 Å². The number of thioether (sulfide) groups is 1. The lowest BCUT2D eigenvalue weighted by Gasteiger charge is -2.12. The number of hydrogen-bond acceptors (Lipinski definition) is 6. The van der Waals surface area contributed by atoms with Gasteiger partial charge in [-0.1, -0.05) is 12.1 Å². The van der Waals surface area contributed by atoms with E-state index in [1.165, 1.54) is 42.6 Å². The number of alkyl halides is 4. The number of ether oxygens (including phenoxy) is 2. The summed E-state index contributed by atoms with van der Waals surface area (Å²) in [6.07, 6.45) is 1.23. The molecular formula is C16H12F4N2O4S. The Labute approximate surface area is 154 Å². The van der Waals surface area contributed by atoms with Crippen molar-refractivity contribution in [3.8, 4) is 5.75 Å². The van der Waals surface area contributed by atoms with Gasteiger partial charge < -0.3 is 14.8 Å². The highest BCUT2D eigenvalue weighted by Crippen LogP contribution is 2.27. The molecule has 0 radical (unpaired) electrons. The standard InChI is InChI=1S/C16H12F4N2O4S/c17-15(18)26-11-6-2-1-5-10(11)22-12(23)8-25-14(24)9-4-3-7-21-13(9)27-16(19)20/h1-7,15-16H,8H2,(H,22,23). The van der Waals surface area contributed by atoms with Crippen LogP contribution in [0.25, 0.3) is 0 Å². The molecule has 0 saturated heterocycles. The van der Waals surface area contributed by atoms with Crippen molar-refractivity contribution in [3.05, 3.63) is 48.2 Å². The zero-order valence-corrected chi connectivity index (χ0v) is 14.2. The molecule has 0 unspecified atom stereocenters. The van der Waals surface area contributed by atoms with E-state index in [4.69, 9.17) is 4.74 Å². The monoisotopic (exact) mass is 404 g/mol. The lowest BCUT2D eigenvalue weighted by Crippen LogP contribution is -2.22. The van der Waals surface area contributed by atoms with Crippen molar-refractivity contribution in [2.24, 2.45) is 0 Å². The number of amides is 1. The van der Waals surface area contributed by atoms with Crippen molar-refractivity contribution in [2.45, 2.75) is 17.4 Å².